The molecule has 92 valence electrons. The van der Waals surface area contributed by atoms with E-state index in [0.717, 1.165) is 17.5 Å². The molecule has 0 amide bonds. The van der Waals surface area contributed by atoms with Gasteiger partial charge in [-0.2, -0.15) is 0 Å². The molecule has 0 saturated carbocycles. The van der Waals surface area contributed by atoms with E-state index < -0.39 is 0 Å². The van der Waals surface area contributed by atoms with Crippen LogP contribution in [0.4, 0.5) is 4.39 Å². The van der Waals surface area contributed by atoms with Crippen molar-refractivity contribution < 1.29 is 4.39 Å². The van der Waals surface area contributed by atoms with Crippen LogP contribution in [0.25, 0.3) is 11.1 Å². The summed E-state index contributed by atoms with van der Waals surface area (Å²) in [6.07, 6.45) is 2.20. The van der Waals surface area contributed by atoms with Gasteiger partial charge < -0.3 is 5.41 Å². The second-order valence-electron chi connectivity index (χ2n) is 4.47. The molecule has 0 radical (unpaired) electrons. The maximum Gasteiger partial charge on any atom is 0.123 e. The highest BCUT2D eigenvalue weighted by Gasteiger charge is 2.04. The Bertz CT molecular complexity index is 514. The van der Waals surface area contributed by atoms with E-state index in [4.69, 9.17) is 5.41 Å². The molecular weight excluding hydrogens is 225 g/mol. The summed E-state index contributed by atoms with van der Waals surface area (Å²) in [5.41, 5.74) is 3.33. The molecule has 0 saturated heterocycles. The van der Waals surface area contributed by atoms with Crippen LogP contribution in [-0.4, -0.2) is 6.21 Å². The molecule has 0 bridgehead atoms. The minimum absolute atomic E-state index is 0.213. The summed E-state index contributed by atoms with van der Waals surface area (Å²) in [5.74, 6) is 0.153. The zero-order valence-electron chi connectivity index (χ0n) is 10.4. The fourth-order valence-corrected chi connectivity index (χ4v) is 1.96. The molecule has 18 heavy (non-hydrogen) atoms. The van der Waals surface area contributed by atoms with E-state index in [0.29, 0.717) is 5.92 Å². The van der Waals surface area contributed by atoms with Gasteiger partial charge in [0.1, 0.15) is 5.82 Å². The van der Waals surface area contributed by atoms with Crippen LogP contribution in [0.3, 0.4) is 0 Å². The van der Waals surface area contributed by atoms with Crippen molar-refractivity contribution in [2.75, 3.05) is 0 Å². The number of hydrogen-bond acceptors (Lipinski definition) is 1. The molecule has 0 aliphatic carbocycles. The normalized spacial score (nSPS) is 12.1. The molecule has 0 fully saturated rings. The zero-order valence-corrected chi connectivity index (χ0v) is 10.4. The van der Waals surface area contributed by atoms with Gasteiger partial charge in [-0.25, -0.2) is 4.39 Å². The zero-order chi connectivity index (χ0) is 13.0. The van der Waals surface area contributed by atoms with Gasteiger partial charge in [-0.1, -0.05) is 43.3 Å². The molecule has 2 aromatic rings. The molecular formula is C16H16FN. The molecule has 0 aromatic heterocycles. The first-order valence-electron chi connectivity index (χ1n) is 6.05. The van der Waals surface area contributed by atoms with Gasteiger partial charge >= 0.3 is 0 Å². The number of rotatable bonds is 4. The Labute approximate surface area is 107 Å². The average Bonchev–Trinajstić information content (AvgIpc) is 2.40. The largest absolute Gasteiger partial charge is 0.313 e. The summed E-state index contributed by atoms with van der Waals surface area (Å²) in [6, 6.07) is 14.8. The smallest absolute Gasteiger partial charge is 0.123 e. The molecule has 0 aliphatic heterocycles. The Morgan fingerprint density at radius 2 is 1.50 bits per heavy atom. The average molecular weight is 241 g/mol. The maximum absolute atomic E-state index is 12.8. The van der Waals surface area contributed by atoms with Gasteiger partial charge in [0.05, 0.1) is 0 Å². The van der Waals surface area contributed by atoms with E-state index in [1.807, 2.05) is 12.1 Å². The SMILES string of the molecule is CC(CC=N)c1ccc(-c2ccc(F)cc2)cc1. The summed E-state index contributed by atoms with van der Waals surface area (Å²) in [5, 5.41) is 7.12. The first-order valence-corrected chi connectivity index (χ1v) is 6.05. The summed E-state index contributed by atoms with van der Waals surface area (Å²) in [4.78, 5) is 0. The van der Waals surface area contributed by atoms with Crippen molar-refractivity contribution in [3.8, 4) is 11.1 Å². The third-order valence-electron chi connectivity index (χ3n) is 3.13. The van der Waals surface area contributed by atoms with Crippen molar-refractivity contribution in [3.63, 3.8) is 0 Å². The third-order valence-corrected chi connectivity index (χ3v) is 3.13. The summed E-state index contributed by atoms with van der Waals surface area (Å²) < 4.78 is 12.8. The quantitative estimate of drug-likeness (QED) is 0.754. The first-order chi connectivity index (χ1) is 8.70. The lowest BCUT2D eigenvalue weighted by molar-refractivity contribution is 0.628. The molecule has 1 unspecified atom stereocenters. The topological polar surface area (TPSA) is 23.9 Å². The van der Waals surface area contributed by atoms with Gasteiger partial charge in [-0.3, -0.25) is 0 Å². The molecule has 1 atom stereocenters. The van der Waals surface area contributed by atoms with Crippen LogP contribution < -0.4 is 0 Å². The van der Waals surface area contributed by atoms with Crippen molar-refractivity contribution >= 4 is 6.21 Å². The van der Waals surface area contributed by atoms with Crippen LogP contribution in [0.5, 0.6) is 0 Å². The second-order valence-corrected chi connectivity index (χ2v) is 4.47. The molecule has 2 aromatic carbocycles. The predicted octanol–water partition coefficient (Wildman–Crippen LogP) is 4.64. The maximum atomic E-state index is 12.8. The monoisotopic (exact) mass is 241 g/mol. The lowest BCUT2D eigenvalue weighted by Gasteiger charge is -2.09. The molecule has 0 heterocycles. The van der Waals surface area contributed by atoms with Crippen molar-refractivity contribution in [2.45, 2.75) is 19.3 Å². The lowest BCUT2D eigenvalue weighted by atomic mass is 9.96. The summed E-state index contributed by atoms with van der Waals surface area (Å²) >= 11 is 0. The molecule has 2 rings (SSSR count). The number of hydrogen-bond donors (Lipinski definition) is 1. The number of benzene rings is 2. The minimum Gasteiger partial charge on any atom is -0.313 e. The van der Waals surface area contributed by atoms with Crippen LogP contribution in [-0.2, 0) is 0 Å². The fourth-order valence-electron chi connectivity index (χ4n) is 1.96. The van der Waals surface area contributed by atoms with E-state index in [-0.39, 0.29) is 5.82 Å². The van der Waals surface area contributed by atoms with Crippen LogP contribution in [0.15, 0.2) is 48.5 Å². The molecule has 2 heteroatoms. The second kappa shape index (κ2) is 5.58. The van der Waals surface area contributed by atoms with Crippen molar-refractivity contribution in [1.29, 1.82) is 5.41 Å². The molecule has 1 N–H and O–H groups in total. The van der Waals surface area contributed by atoms with Crippen LogP contribution in [0, 0.1) is 11.2 Å². The Kier molecular flexibility index (Phi) is 3.88. The summed E-state index contributed by atoms with van der Waals surface area (Å²) in [6.45, 7) is 2.11. The minimum atomic E-state index is -0.213. The molecule has 0 spiro atoms. The first kappa shape index (κ1) is 12.5. The Hall–Kier alpha value is -1.96. The van der Waals surface area contributed by atoms with Crippen molar-refractivity contribution in [1.82, 2.24) is 0 Å². The van der Waals surface area contributed by atoms with E-state index >= 15 is 0 Å². The number of nitrogens with one attached hydrogen (secondary N) is 1. The Balaban J connectivity index is 2.21. The van der Waals surface area contributed by atoms with Gasteiger partial charge in [0.2, 0.25) is 0 Å². The number of halogens is 1. The third kappa shape index (κ3) is 2.83. The lowest BCUT2D eigenvalue weighted by Crippen LogP contribution is -1.93. The van der Waals surface area contributed by atoms with Crippen LogP contribution in [0.2, 0.25) is 0 Å². The van der Waals surface area contributed by atoms with Crippen LogP contribution >= 0.6 is 0 Å². The molecule has 0 aliphatic rings. The highest BCUT2D eigenvalue weighted by Crippen LogP contribution is 2.24. The molecule has 1 nitrogen and oxygen atoms in total. The van der Waals surface area contributed by atoms with E-state index in [1.165, 1.54) is 23.9 Å². The fraction of sp³-hybridized carbons (Fsp3) is 0.188. The van der Waals surface area contributed by atoms with Crippen LogP contribution in [0.1, 0.15) is 24.8 Å². The van der Waals surface area contributed by atoms with E-state index in [2.05, 4.69) is 19.1 Å². The van der Waals surface area contributed by atoms with Crippen molar-refractivity contribution in [2.24, 2.45) is 0 Å². The van der Waals surface area contributed by atoms with Gasteiger partial charge in [0.15, 0.2) is 0 Å². The highest BCUT2D eigenvalue weighted by molar-refractivity contribution is 5.64. The van der Waals surface area contributed by atoms with Gasteiger partial charge in [0.25, 0.3) is 0 Å². The Morgan fingerprint density at radius 1 is 1.00 bits per heavy atom. The van der Waals surface area contributed by atoms with Gasteiger partial charge in [-0.05, 0) is 47.4 Å². The van der Waals surface area contributed by atoms with Crippen molar-refractivity contribution in [3.05, 3.63) is 59.9 Å². The Morgan fingerprint density at radius 3 is 2.00 bits per heavy atom. The van der Waals surface area contributed by atoms with Gasteiger partial charge in [0, 0.05) is 0 Å². The standard InChI is InChI=1S/C16H16FN/c1-12(10-11-18)13-2-4-14(5-3-13)15-6-8-16(17)9-7-15/h2-9,11-12,18H,10H2,1H3. The van der Waals surface area contributed by atoms with E-state index in [9.17, 15) is 4.39 Å². The predicted molar refractivity (Wildman–Crippen MR) is 73.7 cm³/mol. The highest BCUT2D eigenvalue weighted by atomic mass is 19.1. The van der Waals surface area contributed by atoms with Gasteiger partial charge in [-0.15, -0.1) is 0 Å². The summed E-state index contributed by atoms with van der Waals surface area (Å²) in [7, 11) is 0. The van der Waals surface area contributed by atoms with E-state index in [1.54, 1.807) is 12.1 Å².